The van der Waals surface area contributed by atoms with Crippen molar-refractivity contribution < 1.29 is 84.5 Å². The van der Waals surface area contributed by atoms with Crippen molar-refractivity contribution >= 4 is 70.6 Å². The van der Waals surface area contributed by atoms with Gasteiger partial charge in [0.05, 0.1) is 31.6 Å². The van der Waals surface area contributed by atoms with Crippen LogP contribution in [0.3, 0.4) is 0 Å². The second-order valence-corrected chi connectivity index (χ2v) is 20.9. The first-order valence-electron chi connectivity index (χ1n) is 24.8. The van der Waals surface area contributed by atoms with Crippen LogP contribution in [0, 0.1) is 0 Å². The molecular formula is C56H54Cl3F3N2O15. The van der Waals surface area contributed by atoms with E-state index in [2.05, 4.69) is 10.3 Å². The molecule has 2 aliphatic heterocycles. The minimum Gasteiger partial charge on any atom is -0.456 e. The van der Waals surface area contributed by atoms with E-state index in [9.17, 15) is 19.2 Å². The van der Waals surface area contributed by atoms with E-state index in [-0.39, 0.29) is 25.5 Å². The number of nitrogens with one attached hydrogen (secondary N) is 1. The third-order valence-electron chi connectivity index (χ3n) is 12.6. The molecule has 2 saturated heterocycles. The summed E-state index contributed by atoms with van der Waals surface area (Å²) in [4.78, 5) is 57.1. The third kappa shape index (κ3) is 15.9. The summed E-state index contributed by atoms with van der Waals surface area (Å²) in [7, 11) is 0. The molecule has 8 rings (SSSR count). The minimum atomic E-state index is -5.31. The first-order chi connectivity index (χ1) is 37.8. The maximum absolute atomic E-state index is 15.2. The fourth-order valence-corrected chi connectivity index (χ4v) is 9.43. The van der Waals surface area contributed by atoms with Gasteiger partial charge >= 0.3 is 30.4 Å². The maximum Gasteiger partial charge on any atom is 0.508 e. The zero-order valence-electron chi connectivity index (χ0n) is 42.5. The van der Waals surface area contributed by atoms with Crippen LogP contribution in [-0.4, -0.2) is 121 Å². The Hall–Kier alpha value is -6.49. The van der Waals surface area contributed by atoms with E-state index < -0.39 is 121 Å². The van der Waals surface area contributed by atoms with Crippen LogP contribution in [-0.2, 0) is 74.9 Å². The maximum atomic E-state index is 15.2. The number of aliphatic imine (C=N–C) groups is 1. The van der Waals surface area contributed by atoms with Crippen molar-refractivity contribution in [1.29, 1.82) is 0 Å². The van der Waals surface area contributed by atoms with Crippen LogP contribution in [0.2, 0.25) is 0 Å². The number of carbonyl (C=O) groups excluding carboxylic acids is 4. The van der Waals surface area contributed by atoms with E-state index in [1.54, 1.807) is 66.7 Å². The van der Waals surface area contributed by atoms with Gasteiger partial charge in [-0.15, -0.1) is 0 Å². The Morgan fingerprint density at radius 3 is 1.67 bits per heavy atom. The normalized spacial score (nSPS) is 24.0. The van der Waals surface area contributed by atoms with Crippen LogP contribution in [0.5, 0.6) is 0 Å². The van der Waals surface area contributed by atoms with Crippen molar-refractivity contribution in [2.24, 2.45) is 4.99 Å². The topological polar surface area (TPSA) is 194 Å². The zero-order chi connectivity index (χ0) is 56.3. The number of ether oxygens (including phenoxy) is 11. The molecule has 0 spiro atoms. The Labute approximate surface area is 467 Å². The van der Waals surface area contributed by atoms with Crippen LogP contribution in [0.4, 0.5) is 28.4 Å². The number of esters is 2. The summed E-state index contributed by atoms with van der Waals surface area (Å²) in [6.07, 6.45) is -22.1. The predicted molar refractivity (Wildman–Crippen MR) is 279 cm³/mol. The number of carbonyl (C=O) groups is 4. The highest BCUT2D eigenvalue weighted by molar-refractivity contribution is 6.67. The highest BCUT2D eigenvalue weighted by atomic mass is 35.6. The van der Waals surface area contributed by atoms with E-state index in [0.29, 0.717) is 11.1 Å². The Bertz CT molecular complexity index is 2840. The highest BCUT2D eigenvalue weighted by Crippen LogP contribution is 2.45. The largest absolute Gasteiger partial charge is 0.508 e. The molecule has 1 aliphatic carbocycles. The first kappa shape index (κ1) is 58.7. The molecule has 5 aromatic rings. The third-order valence-corrected chi connectivity index (χ3v) is 13.0. The van der Waals surface area contributed by atoms with Gasteiger partial charge in [0.15, 0.2) is 24.6 Å². The molecular weight excluding hydrogens is 1100 g/mol. The van der Waals surface area contributed by atoms with Crippen LogP contribution in [0.1, 0.15) is 48.9 Å². The molecule has 79 heavy (non-hydrogen) atoms. The van der Waals surface area contributed by atoms with Gasteiger partial charge in [0, 0.05) is 19.8 Å². The highest BCUT2D eigenvalue weighted by Gasteiger charge is 2.55. The molecule has 10 atom stereocenters. The Balaban J connectivity index is 1.20. The van der Waals surface area contributed by atoms with Crippen LogP contribution in [0.15, 0.2) is 145 Å². The number of benzene rings is 5. The molecule has 0 radical (unpaired) electrons. The number of hydrogen-bond acceptors (Lipinski definition) is 16. The molecule has 2 heterocycles. The number of fused-ring (bicyclic) bond motifs is 3. The number of para-hydroxylation sites is 1. The number of amides is 1. The lowest BCUT2D eigenvalue weighted by Crippen LogP contribution is -2.67. The molecule has 17 nitrogen and oxygen atoms in total. The molecule has 23 heteroatoms. The van der Waals surface area contributed by atoms with E-state index in [1.165, 1.54) is 31.2 Å². The van der Waals surface area contributed by atoms with Gasteiger partial charge in [0.2, 0.25) is 10.1 Å². The number of rotatable bonds is 18. The number of hydrogen-bond donors (Lipinski definition) is 1. The van der Waals surface area contributed by atoms with Gasteiger partial charge in [0.25, 0.3) is 5.90 Å². The van der Waals surface area contributed by atoms with Crippen LogP contribution < -0.4 is 5.32 Å². The van der Waals surface area contributed by atoms with Crippen molar-refractivity contribution in [3.05, 3.63) is 162 Å². The molecule has 3 aliphatic rings. The average Bonchev–Trinajstić information content (AvgIpc) is 3.77. The van der Waals surface area contributed by atoms with Crippen LogP contribution >= 0.6 is 34.8 Å². The molecule has 0 saturated carbocycles. The van der Waals surface area contributed by atoms with Crippen molar-refractivity contribution in [3.8, 4) is 11.1 Å². The lowest BCUT2D eigenvalue weighted by molar-refractivity contribution is -0.324. The molecule has 2 fully saturated rings. The predicted octanol–water partition coefficient (Wildman–Crippen LogP) is 10.6. The number of alkyl carbamates (subject to hydrolysis) is 1. The van der Waals surface area contributed by atoms with Gasteiger partial charge in [-0.3, -0.25) is 9.59 Å². The van der Waals surface area contributed by atoms with Crippen molar-refractivity contribution in [2.75, 3.05) is 19.8 Å². The molecule has 0 aromatic heterocycles. The van der Waals surface area contributed by atoms with Crippen molar-refractivity contribution in [1.82, 2.24) is 5.32 Å². The van der Waals surface area contributed by atoms with Gasteiger partial charge in [0.1, 0.15) is 37.6 Å². The molecule has 0 bridgehead atoms. The van der Waals surface area contributed by atoms with Gasteiger partial charge in [-0.05, 0) is 52.4 Å². The average molecular weight is 1160 g/mol. The van der Waals surface area contributed by atoms with E-state index in [4.69, 9.17) is 86.9 Å². The number of alkyl halides is 6. The first-order valence-corrected chi connectivity index (χ1v) is 25.9. The summed E-state index contributed by atoms with van der Waals surface area (Å²) in [5.74, 6) is -3.79. The Kier molecular flexibility index (Phi) is 19.8. The van der Waals surface area contributed by atoms with Gasteiger partial charge < -0.3 is 57.4 Å². The Morgan fingerprint density at radius 2 is 1.11 bits per heavy atom. The molecule has 1 N–H and O–H groups in total. The number of halogens is 6. The van der Waals surface area contributed by atoms with Crippen LogP contribution in [0.25, 0.3) is 11.1 Å². The summed E-state index contributed by atoms with van der Waals surface area (Å²) in [6.45, 7) is 1.54. The quantitative estimate of drug-likeness (QED) is 0.0286. The molecule has 420 valence electrons. The summed E-state index contributed by atoms with van der Waals surface area (Å²) >= 11 is 17.7. The van der Waals surface area contributed by atoms with Gasteiger partial charge in [-0.2, -0.15) is 13.2 Å². The lowest BCUT2D eigenvalue weighted by atomic mass is 9.96. The molecule has 6 unspecified atom stereocenters. The molecule has 5 aromatic carbocycles. The van der Waals surface area contributed by atoms with Crippen molar-refractivity contribution in [3.63, 3.8) is 0 Å². The summed E-state index contributed by atoms with van der Waals surface area (Å²) in [5.41, 5.74) is 4.63. The van der Waals surface area contributed by atoms with E-state index in [0.717, 1.165) is 36.1 Å². The smallest absolute Gasteiger partial charge is 0.456 e. The second kappa shape index (κ2) is 26.6. The van der Waals surface area contributed by atoms with Gasteiger partial charge in [-0.25, -0.2) is 14.6 Å². The van der Waals surface area contributed by atoms with E-state index >= 15 is 13.2 Å². The lowest BCUT2D eigenvalue weighted by Gasteiger charge is -2.47. The van der Waals surface area contributed by atoms with E-state index in [1.807, 2.05) is 48.5 Å². The number of nitrogens with zero attached hydrogens (tertiary/aromatic N) is 1. The monoisotopic (exact) mass is 1160 g/mol. The zero-order valence-corrected chi connectivity index (χ0v) is 44.8. The minimum absolute atomic E-state index is 0.116. The second-order valence-electron chi connectivity index (χ2n) is 18.4. The van der Waals surface area contributed by atoms with Crippen molar-refractivity contribution in [2.45, 2.75) is 111 Å². The summed E-state index contributed by atoms with van der Waals surface area (Å²) < 4.78 is 110. The van der Waals surface area contributed by atoms with Gasteiger partial charge in [-0.1, -0.05) is 162 Å². The Morgan fingerprint density at radius 1 is 0.582 bits per heavy atom. The standard InChI is InChI=1S/C56H54Cl3F3N2O15/c1-32-45(75-33(2)65)48(76-34(3)66)49(70-28-36-19-9-5-10-20-36)51(74-32)71-30-43-46(78-54(68)72-29-42-40-25-15-13-23-38(40)39-24-14-16-26-41(39)42)47(69-27-35-17-7-4-8-18-35)44(64-53(67)73-31-55(57,58)59)50(77-43)79-52(56(60,61)62)63-37-21-11-6-12-22-37/h4-26,32,42-51H,27-31H2,1-3H3,(H,64,67)/t32?,43?,44?,45-,46-,47?,48?,49?,50+,51-/m1/s1. The fraction of sp³-hybridized carbons (Fsp3) is 0.375. The SMILES string of the molecule is CC(=O)OC1C(OCc2ccccc2)[C@H](OCC2O[C@@H](OC(=Nc3ccccc3)C(F)(F)F)C(NC(=O)OCC(Cl)(Cl)Cl)C(OCc3ccccc3)[C@@H]2OC(=O)OCC2c3ccccc3-c3ccccc32)OC(C)[C@H]1OC(C)=O. The molecule has 1 amide bonds. The summed E-state index contributed by atoms with van der Waals surface area (Å²) in [6, 6.07) is 37.7. The summed E-state index contributed by atoms with van der Waals surface area (Å²) in [5, 5.41) is 2.42. The fourth-order valence-electron chi connectivity index (χ4n) is 9.27.